The summed E-state index contributed by atoms with van der Waals surface area (Å²) in [4.78, 5) is 20.7. The molecule has 8 heteroatoms. The lowest BCUT2D eigenvalue weighted by Gasteiger charge is -2.02. The minimum atomic E-state index is -0.514. The minimum Gasteiger partial charge on any atom is -0.457 e. The van der Waals surface area contributed by atoms with Gasteiger partial charge in [0.05, 0.1) is 21.5 Å². The van der Waals surface area contributed by atoms with Crippen LogP contribution in [0, 0.1) is 38.5 Å². The highest BCUT2D eigenvalue weighted by Gasteiger charge is 2.13. The number of hydrogen-bond acceptors (Lipinski definition) is 6. The lowest BCUT2D eigenvalue weighted by atomic mass is 10.1. The average molecular weight is 375 g/mol. The molecule has 0 aliphatic heterocycles. The van der Waals surface area contributed by atoms with Crippen molar-refractivity contribution in [2.45, 2.75) is 6.92 Å². The molecule has 0 unspecified atom stereocenters. The third-order valence-corrected chi connectivity index (χ3v) is 4.12. The van der Waals surface area contributed by atoms with Crippen LogP contribution in [-0.2, 0) is 0 Å². The lowest BCUT2D eigenvalue weighted by molar-refractivity contribution is -0.385. The van der Waals surface area contributed by atoms with Crippen molar-refractivity contribution in [2.75, 3.05) is 0 Å². The molecule has 0 radical (unpaired) electrons. The largest absolute Gasteiger partial charge is 0.457 e. The summed E-state index contributed by atoms with van der Waals surface area (Å²) in [7, 11) is 0. The Hall–Kier alpha value is -4.25. The molecule has 2 aromatic carbocycles. The van der Waals surface area contributed by atoms with E-state index in [4.69, 9.17) is 4.42 Å². The molecule has 0 amide bonds. The van der Waals surface area contributed by atoms with Gasteiger partial charge < -0.3 is 4.42 Å². The Balaban J connectivity index is 1.95. The Morgan fingerprint density at radius 3 is 2.25 bits per heavy atom. The average Bonchev–Trinajstić information content (AvgIpc) is 3.14. The first-order valence-electron chi connectivity index (χ1n) is 8.11. The number of nitrogens with zero attached hydrogens (tertiary/aromatic N) is 3. The fraction of sp³-hybridized carbons (Fsp3) is 0.0500. The van der Waals surface area contributed by atoms with Gasteiger partial charge in [-0.05, 0) is 48.4 Å². The van der Waals surface area contributed by atoms with Crippen molar-refractivity contribution < 1.29 is 14.3 Å². The normalized spacial score (nSPS) is 11.1. The van der Waals surface area contributed by atoms with Crippen molar-refractivity contribution in [3.63, 3.8) is 0 Å². The molecule has 0 saturated carbocycles. The van der Waals surface area contributed by atoms with Crippen LogP contribution in [0.2, 0.25) is 0 Å². The molecule has 1 heterocycles. The van der Waals surface area contributed by atoms with Crippen molar-refractivity contribution in [3.05, 3.63) is 91.7 Å². The Morgan fingerprint density at radius 2 is 1.64 bits per heavy atom. The maximum Gasteiger partial charge on any atom is 0.270 e. The van der Waals surface area contributed by atoms with Gasteiger partial charge in [-0.3, -0.25) is 20.2 Å². The maximum absolute atomic E-state index is 11.0. The Bertz CT molecular complexity index is 1140. The van der Waals surface area contributed by atoms with Gasteiger partial charge in [-0.25, -0.2) is 0 Å². The van der Waals surface area contributed by atoms with Gasteiger partial charge >= 0.3 is 0 Å². The number of benzene rings is 2. The van der Waals surface area contributed by atoms with Gasteiger partial charge in [-0.2, -0.15) is 5.26 Å². The first kappa shape index (κ1) is 18.5. The third-order valence-electron chi connectivity index (χ3n) is 4.12. The van der Waals surface area contributed by atoms with Crippen LogP contribution in [0.4, 0.5) is 11.4 Å². The first-order chi connectivity index (χ1) is 13.4. The van der Waals surface area contributed by atoms with Crippen LogP contribution < -0.4 is 0 Å². The van der Waals surface area contributed by atoms with E-state index in [2.05, 4.69) is 0 Å². The molecule has 0 aliphatic rings. The molecule has 0 N–H and O–H groups in total. The molecule has 0 aliphatic carbocycles. The SMILES string of the molecule is Cc1ccc([N+](=O)[O-])cc1-c1ccc(/C=C(/C#N)c2ccc([N+](=O)[O-])cc2)o1. The van der Waals surface area contributed by atoms with Gasteiger partial charge in [-0.1, -0.05) is 6.07 Å². The standard InChI is InChI=1S/C20H13N3O5/c1-13-2-5-17(23(26)27)11-19(13)20-9-8-18(28-20)10-15(12-21)14-3-6-16(7-4-14)22(24)25/h2-11H,1H3/b15-10-. The summed E-state index contributed by atoms with van der Waals surface area (Å²) in [5.74, 6) is 0.823. The van der Waals surface area contributed by atoms with E-state index < -0.39 is 9.85 Å². The minimum absolute atomic E-state index is 0.0438. The van der Waals surface area contributed by atoms with Crippen LogP contribution >= 0.6 is 0 Å². The second-order valence-electron chi connectivity index (χ2n) is 5.93. The predicted molar refractivity (Wildman–Crippen MR) is 102 cm³/mol. The molecule has 138 valence electrons. The molecule has 3 rings (SSSR count). The summed E-state index contributed by atoms with van der Waals surface area (Å²) in [6.07, 6.45) is 1.51. The summed E-state index contributed by atoms with van der Waals surface area (Å²) in [5, 5.41) is 31.2. The molecule has 0 atom stereocenters. The number of nitro groups is 2. The fourth-order valence-corrected chi connectivity index (χ4v) is 2.65. The van der Waals surface area contributed by atoms with Crippen molar-refractivity contribution >= 4 is 23.0 Å². The molecular formula is C20H13N3O5. The topological polar surface area (TPSA) is 123 Å². The number of nitro benzene ring substituents is 2. The molecule has 28 heavy (non-hydrogen) atoms. The van der Waals surface area contributed by atoms with E-state index in [1.807, 2.05) is 13.0 Å². The number of nitriles is 1. The number of furan rings is 1. The second-order valence-corrected chi connectivity index (χ2v) is 5.93. The smallest absolute Gasteiger partial charge is 0.270 e. The van der Waals surface area contributed by atoms with E-state index in [1.165, 1.54) is 42.5 Å². The molecular weight excluding hydrogens is 362 g/mol. The predicted octanol–water partition coefficient (Wildman–Crippen LogP) is 5.14. The van der Waals surface area contributed by atoms with Crippen molar-refractivity contribution in [1.82, 2.24) is 0 Å². The molecule has 0 saturated heterocycles. The highest BCUT2D eigenvalue weighted by atomic mass is 16.6. The number of hydrogen-bond donors (Lipinski definition) is 0. The summed E-state index contributed by atoms with van der Waals surface area (Å²) in [6, 6.07) is 15.5. The fourth-order valence-electron chi connectivity index (χ4n) is 2.65. The van der Waals surface area contributed by atoms with E-state index >= 15 is 0 Å². The number of allylic oxidation sites excluding steroid dienone is 1. The quantitative estimate of drug-likeness (QED) is 0.346. The maximum atomic E-state index is 11.0. The zero-order valence-corrected chi connectivity index (χ0v) is 14.7. The highest BCUT2D eigenvalue weighted by molar-refractivity contribution is 5.89. The van der Waals surface area contributed by atoms with Gasteiger partial charge in [0.2, 0.25) is 0 Å². The van der Waals surface area contributed by atoms with Crippen molar-refractivity contribution in [3.8, 4) is 17.4 Å². The summed E-state index contributed by atoms with van der Waals surface area (Å²) in [5.41, 5.74) is 2.07. The van der Waals surface area contributed by atoms with E-state index in [-0.39, 0.29) is 16.9 Å². The van der Waals surface area contributed by atoms with Gasteiger partial charge in [-0.15, -0.1) is 0 Å². The zero-order valence-electron chi connectivity index (χ0n) is 14.7. The summed E-state index contributed by atoms with van der Waals surface area (Å²) in [6.45, 7) is 1.81. The Morgan fingerprint density at radius 1 is 1.00 bits per heavy atom. The molecule has 8 nitrogen and oxygen atoms in total. The molecule has 0 fully saturated rings. The van der Waals surface area contributed by atoms with Gasteiger partial charge in [0.25, 0.3) is 11.4 Å². The Labute approximate surface area is 159 Å². The van der Waals surface area contributed by atoms with Gasteiger partial charge in [0, 0.05) is 29.8 Å². The lowest BCUT2D eigenvalue weighted by Crippen LogP contribution is -1.90. The zero-order chi connectivity index (χ0) is 20.3. The van der Waals surface area contributed by atoms with E-state index in [0.29, 0.717) is 22.6 Å². The number of rotatable bonds is 5. The summed E-state index contributed by atoms with van der Waals surface area (Å²) < 4.78 is 5.74. The molecule has 1 aromatic heterocycles. The Kier molecular flexibility index (Phi) is 5.00. The molecule has 3 aromatic rings. The van der Waals surface area contributed by atoms with Crippen LogP contribution in [-0.4, -0.2) is 9.85 Å². The number of aryl methyl sites for hydroxylation is 1. The first-order valence-corrected chi connectivity index (χ1v) is 8.11. The third kappa shape index (κ3) is 3.78. The van der Waals surface area contributed by atoms with Crippen LogP contribution in [0.25, 0.3) is 23.0 Å². The van der Waals surface area contributed by atoms with Crippen molar-refractivity contribution in [1.29, 1.82) is 5.26 Å². The van der Waals surface area contributed by atoms with Crippen LogP contribution in [0.1, 0.15) is 16.9 Å². The van der Waals surface area contributed by atoms with E-state index in [0.717, 1.165) is 5.56 Å². The molecule has 0 spiro atoms. The van der Waals surface area contributed by atoms with E-state index in [9.17, 15) is 25.5 Å². The monoisotopic (exact) mass is 375 g/mol. The highest BCUT2D eigenvalue weighted by Crippen LogP contribution is 2.30. The second kappa shape index (κ2) is 7.55. The van der Waals surface area contributed by atoms with Crippen LogP contribution in [0.3, 0.4) is 0 Å². The van der Waals surface area contributed by atoms with Crippen LogP contribution in [0.5, 0.6) is 0 Å². The molecule has 0 bridgehead atoms. The van der Waals surface area contributed by atoms with Crippen molar-refractivity contribution in [2.24, 2.45) is 0 Å². The number of non-ortho nitro benzene ring substituents is 2. The van der Waals surface area contributed by atoms with Gasteiger partial charge in [0.15, 0.2) is 0 Å². The summed E-state index contributed by atoms with van der Waals surface area (Å²) >= 11 is 0. The van der Waals surface area contributed by atoms with Crippen LogP contribution in [0.15, 0.2) is 59.0 Å². The van der Waals surface area contributed by atoms with E-state index in [1.54, 1.807) is 18.2 Å². The van der Waals surface area contributed by atoms with Gasteiger partial charge in [0.1, 0.15) is 11.5 Å².